The van der Waals surface area contributed by atoms with Crippen LogP contribution >= 0.6 is 15.9 Å². The van der Waals surface area contributed by atoms with E-state index in [4.69, 9.17) is 14.8 Å². The molecule has 0 aliphatic heterocycles. The fraction of sp³-hybridized carbons (Fsp3) is 0.135. The van der Waals surface area contributed by atoms with E-state index in [-0.39, 0.29) is 5.56 Å². The number of hydrogen-bond donors (Lipinski definition) is 0. The van der Waals surface area contributed by atoms with Gasteiger partial charge in [-0.05, 0) is 59.7 Å². The lowest BCUT2D eigenvalue weighted by atomic mass is 9.95. The van der Waals surface area contributed by atoms with Gasteiger partial charge in [0.2, 0.25) is 0 Å². The van der Waals surface area contributed by atoms with Crippen molar-refractivity contribution in [3.8, 4) is 28.2 Å². The van der Waals surface area contributed by atoms with Crippen molar-refractivity contribution in [3.63, 3.8) is 0 Å². The summed E-state index contributed by atoms with van der Waals surface area (Å²) < 4.78 is 9.28. The number of hydrogen-bond acceptors (Lipinski definition) is 5. The van der Waals surface area contributed by atoms with Crippen molar-refractivity contribution < 1.29 is 9.53 Å². The van der Waals surface area contributed by atoms with Crippen LogP contribution in [0.3, 0.4) is 0 Å². The molecule has 0 N–H and O–H groups in total. The number of methoxy groups -OCH3 is 1. The minimum Gasteiger partial charge on any atom is -0.465 e. The summed E-state index contributed by atoms with van der Waals surface area (Å²) in [4.78, 5) is 31.0. The highest BCUT2D eigenvalue weighted by molar-refractivity contribution is 9.10. The van der Waals surface area contributed by atoms with E-state index in [2.05, 4.69) is 38.7 Å². The lowest BCUT2D eigenvalue weighted by molar-refractivity contribution is 0.0600. The van der Waals surface area contributed by atoms with Crippen LogP contribution in [0.5, 0.6) is 0 Å². The molecular formula is C37H31BrN4O3. The lowest BCUT2D eigenvalue weighted by Gasteiger charge is -2.21. The first-order valence-electron chi connectivity index (χ1n) is 14.5. The molecule has 0 spiro atoms. The van der Waals surface area contributed by atoms with Crippen LogP contribution in [0.15, 0.2) is 124 Å². The topological polar surface area (TPSA) is 78.5 Å². The molecule has 6 rings (SSSR count). The molecule has 2 heterocycles. The van der Waals surface area contributed by atoms with E-state index in [0.29, 0.717) is 22.3 Å². The van der Waals surface area contributed by atoms with Gasteiger partial charge < -0.3 is 9.30 Å². The molecule has 7 nitrogen and oxygen atoms in total. The molecule has 224 valence electrons. The average molecular weight is 660 g/mol. The molecule has 0 fully saturated rings. The zero-order valence-corrected chi connectivity index (χ0v) is 26.9. The summed E-state index contributed by atoms with van der Waals surface area (Å²) in [6.45, 7) is 6.05. The first kappa shape index (κ1) is 30.0. The zero-order chi connectivity index (χ0) is 31.7. The van der Waals surface area contributed by atoms with E-state index in [9.17, 15) is 9.59 Å². The Labute approximate surface area is 269 Å². The van der Waals surface area contributed by atoms with Crippen molar-refractivity contribution in [2.75, 3.05) is 7.11 Å². The molecule has 45 heavy (non-hydrogen) atoms. The number of benzene rings is 4. The number of esters is 1. The molecule has 0 unspecified atom stereocenters. The fourth-order valence-electron chi connectivity index (χ4n) is 5.34. The predicted molar refractivity (Wildman–Crippen MR) is 183 cm³/mol. The molecule has 0 bridgehead atoms. The molecule has 0 aliphatic rings. The number of aromatic nitrogens is 3. The van der Waals surface area contributed by atoms with E-state index in [0.717, 1.165) is 38.2 Å². The van der Waals surface area contributed by atoms with Crippen LogP contribution in [0.4, 0.5) is 0 Å². The van der Waals surface area contributed by atoms with Gasteiger partial charge in [0.15, 0.2) is 0 Å². The first-order valence-corrected chi connectivity index (χ1v) is 15.3. The van der Waals surface area contributed by atoms with Crippen molar-refractivity contribution in [1.29, 1.82) is 0 Å². The van der Waals surface area contributed by atoms with Crippen LogP contribution in [0.2, 0.25) is 0 Å². The van der Waals surface area contributed by atoms with Crippen molar-refractivity contribution in [1.82, 2.24) is 14.2 Å². The highest BCUT2D eigenvalue weighted by Crippen LogP contribution is 2.35. The van der Waals surface area contributed by atoms with Crippen LogP contribution in [0.1, 0.15) is 42.5 Å². The molecule has 0 aliphatic carbocycles. The number of nitrogens with zero attached hydrogens (tertiary/aromatic N) is 4. The van der Waals surface area contributed by atoms with Crippen molar-refractivity contribution in [2.24, 2.45) is 5.10 Å². The van der Waals surface area contributed by atoms with Gasteiger partial charge in [-0.3, -0.25) is 4.79 Å². The second-order valence-electron chi connectivity index (χ2n) is 11.6. The van der Waals surface area contributed by atoms with Crippen LogP contribution in [0, 0.1) is 0 Å². The van der Waals surface area contributed by atoms with Gasteiger partial charge in [-0.2, -0.15) is 9.78 Å². The highest BCUT2D eigenvalue weighted by atomic mass is 79.9. The normalized spacial score (nSPS) is 11.8. The molecule has 4 aromatic carbocycles. The summed E-state index contributed by atoms with van der Waals surface area (Å²) >= 11 is 3.49. The second kappa shape index (κ2) is 12.1. The minimum absolute atomic E-state index is 0.246. The Kier molecular flexibility index (Phi) is 8.08. The third kappa shape index (κ3) is 5.89. The van der Waals surface area contributed by atoms with Gasteiger partial charge >= 0.3 is 5.97 Å². The number of carbonyl (C=O) groups is 1. The third-order valence-electron chi connectivity index (χ3n) is 7.49. The SMILES string of the molecule is COC(=O)c1ccc(-n2c(-c3ccccc3)cc(C=Nn3c(C(C)(C)C)nc4ccc(Br)cc4c3=O)c2-c2ccccc2)cc1. The molecule has 2 aromatic heterocycles. The molecule has 8 heteroatoms. The molecule has 0 amide bonds. The average Bonchev–Trinajstić information content (AvgIpc) is 3.44. The number of halogens is 1. The maximum absolute atomic E-state index is 13.9. The van der Waals surface area contributed by atoms with Gasteiger partial charge in [-0.1, -0.05) is 97.4 Å². The van der Waals surface area contributed by atoms with Crippen LogP contribution in [-0.4, -0.2) is 33.5 Å². The van der Waals surface area contributed by atoms with Gasteiger partial charge in [-0.25, -0.2) is 9.78 Å². The smallest absolute Gasteiger partial charge is 0.337 e. The summed E-state index contributed by atoms with van der Waals surface area (Å²) in [7, 11) is 1.37. The van der Waals surface area contributed by atoms with E-state index in [1.54, 1.807) is 24.4 Å². The first-order chi connectivity index (χ1) is 21.7. The number of carbonyl (C=O) groups excluding carboxylic acids is 1. The Bertz CT molecular complexity index is 2110. The Morgan fingerprint density at radius 2 is 1.51 bits per heavy atom. The number of rotatable bonds is 6. The summed E-state index contributed by atoms with van der Waals surface area (Å²) in [5.74, 6) is 0.158. The Hall–Kier alpha value is -5.08. The Morgan fingerprint density at radius 1 is 0.867 bits per heavy atom. The second-order valence-corrected chi connectivity index (χ2v) is 12.6. The largest absolute Gasteiger partial charge is 0.465 e. The van der Waals surface area contributed by atoms with Crippen LogP contribution < -0.4 is 5.56 Å². The summed E-state index contributed by atoms with van der Waals surface area (Å²) in [5, 5.41) is 5.30. The van der Waals surface area contributed by atoms with E-state index in [1.807, 2.05) is 93.6 Å². The summed E-state index contributed by atoms with van der Waals surface area (Å²) in [5.41, 5.74) is 5.80. The third-order valence-corrected chi connectivity index (χ3v) is 7.98. The quantitative estimate of drug-likeness (QED) is 0.133. The summed E-state index contributed by atoms with van der Waals surface area (Å²) in [6, 6.07) is 35.0. The number of ether oxygens (including phenoxy) is 1. The standard InChI is InChI=1S/C37H31BrN4O3/c1-37(2,3)36-40-31-20-17-28(38)22-30(31)34(43)42(36)39-23-27-21-32(24-11-7-5-8-12-24)41(33(27)25-13-9-6-10-14-25)29-18-15-26(16-19-29)35(44)45-4/h5-23H,1-4H3. The molecule has 0 saturated heterocycles. The number of fused-ring (bicyclic) bond motifs is 1. The maximum Gasteiger partial charge on any atom is 0.337 e. The fourth-order valence-corrected chi connectivity index (χ4v) is 5.70. The molecular weight excluding hydrogens is 628 g/mol. The van der Waals surface area contributed by atoms with Crippen molar-refractivity contribution in [3.05, 3.63) is 141 Å². The van der Waals surface area contributed by atoms with E-state index < -0.39 is 11.4 Å². The minimum atomic E-state index is -0.456. The molecule has 0 saturated carbocycles. The lowest BCUT2D eigenvalue weighted by Crippen LogP contribution is -2.29. The van der Waals surface area contributed by atoms with E-state index in [1.165, 1.54) is 11.8 Å². The monoisotopic (exact) mass is 658 g/mol. The summed E-state index contributed by atoms with van der Waals surface area (Å²) in [6.07, 6.45) is 1.73. The van der Waals surface area contributed by atoms with E-state index >= 15 is 0 Å². The molecule has 0 atom stereocenters. The van der Waals surface area contributed by atoms with Gasteiger partial charge in [-0.15, -0.1) is 0 Å². The molecule has 6 aromatic rings. The van der Waals surface area contributed by atoms with Crippen molar-refractivity contribution >= 4 is 39.0 Å². The Balaban J connectivity index is 1.62. The van der Waals surface area contributed by atoms with Gasteiger partial charge in [0.1, 0.15) is 5.82 Å². The van der Waals surface area contributed by atoms with Crippen LogP contribution in [-0.2, 0) is 10.2 Å². The predicted octanol–water partition coefficient (Wildman–Crippen LogP) is 8.25. The van der Waals surface area contributed by atoms with Crippen molar-refractivity contribution in [2.45, 2.75) is 26.2 Å². The molecule has 0 radical (unpaired) electrons. The van der Waals surface area contributed by atoms with Gasteiger partial charge in [0.05, 0.1) is 41.2 Å². The Morgan fingerprint density at radius 3 is 2.13 bits per heavy atom. The zero-order valence-electron chi connectivity index (χ0n) is 25.4. The van der Waals surface area contributed by atoms with Gasteiger partial charge in [0, 0.05) is 21.1 Å². The van der Waals surface area contributed by atoms with Crippen LogP contribution in [0.25, 0.3) is 39.1 Å². The maximum atomic E-state index is 13.9. The van der Waals surface area contributed by atoms with Gasteiger partial charge in [0.25, 0.3) is 5.56 Å². The highest BCUT2D eigenvalue weighted by Gasteiger charge is 2.24.